The van der Waals surface area contributed by atoms with Crippen molar-refractivity contribution >= 4 is 11.6 Å². The van der Waals surface area contributed by atoms with Gasteiger partial charge in [0.1, 0.15) is 5.56 Å². The smallest absolute Gasteiger partial charge is 0.280 e. The zero-order chi connectivity index (χ0) is 23.4. The average molecular weight is 438 g/mol. The van der Waals surface area contributed by atoms with E-state index in [1.54, 1.807) is 0 Å². The van der Waals surface area contributed by atoms with Crippen molar-refractivity contribution in [1.82, 2.24) is 9.78 Å². The highest BCUT2D eigenvalue weighted by Crippen LogP contribution is 2.33. The van der Waals surface area contributed by atoms with E-state index in [2.05, 4.69) is 10.4 Å². The summed E-state index contributed by atoms with van der Waals surface area (Å²) in [5.74, 6) is -0.426. The summed E-state index contributed by atoms with van der Waals surface area (Å²) in [4.78, 5) is 27.2. The number of hydrogen-bond donors (Lipinski definition) is 1. The predicted molar refractivity (Wildman–Crippen MR) is 134 cm³/mol. The van der Waals surface area contributed by atoms with Gasteiger partial charge in [0, 0.05) is 23.4 Å². The van der Waals surface area contributed by atoms with Gasteiger partial charge in [-0.1, -0.05) is 85.8 Å². The van der Waals surface area contributed by atoms with Crippen LogP contribution in [0.4, 0.5) is 5.69 Å². The highest BCUT2D eigenvalue weighted by Gasteiger charge is 2.25. The number of para-hydroxylation sites is 1. The molecule has 4 rings (SSSR count). The van der Waals surface area contributed by atoms with E-state index >= 15 is 0 Å². The zero-order valence-corrected chi connectivity index (χ0v) is 19.1. The number of carbonyl (C=O) groups is 1. The van der Waals surface area contributed by atoms with Crippen LogP contribution in [0.3, 0.4) is 0 Å². The van der Waals surface area contributed by atoms with Crippen molar-refractivity contribution < 1.29 is 4.79 Å². The first-order valence-electron chi connectivity index (χ1n) is 11.2. The molecular weight excluding hydrogens is 410 g/mol. The molecule has 0 atom stereocenters. The molecule has 0 aliphatic heterocycles. The van der Waals surface area contributed by atoms with Crippen LogP contribution in [-0.2, 0) is 13.0 Å². The molecule has 0 saturated carbocycles. The molecule has 1 aromatic heterocycles. The third-order valence-corrected chi connectivity index (χ3v) is 5.77. The highest BCUT2D eigenvalue weighted by atomic mass is 16.2. The van der Waals surface area contributed by atoms with Crippen LogP contribution in [0.1, 0.15) is 35.3 Å². The van der Waals surface area contributed by atoms with Gasteiger partial charge in [0.2, 0.25) is 0 Å². The summed E-state index contributed by atoms with van der Waals surface area (Å²) < 4.78 is 1.36. The molecule has 166 valence electrons. The maximum atomic E-state index is 13.7. The quantitative estimate of drug-likeness (QED) is 0.420. The first-order valence-corrected chi connectivity index (χ1v) is 11.2. The van der Waals surface area contributed by atoms with Gasteiger partial charge in [0.05, 0.1) is 5.69 Å². The van der Waals surface area contributed by atoms with Gasteiger partial charge in [-0.3, -0.25) is 9.59 Å². The molecule has 1 amide bonds. The van der Waals surface area contributed by atoms with Gasteiger partial charge < -0.3 is 5.32 Å². The monoisotopic (exact) mass is 437 g/mol. The molecule has 33 heavy (non-hydrogen) atoms. The van der Waals surface area contributed by atoms with E-state index in [4.69, 9.17) is 0 Å². The zero-order valence-electron chi connectivity index (χ0n) is 19.1. The number of benzene rings is 3. The Kier molecular flexibility index (Phi) is 6.50. The number of nitrogens with one attached hydrogen (secondary N) is 1. The number of amides is 1. The molecular formula is C28H27N3O2. The van der Waals surface area contributed by atoms with E-state index in [1.165, 1.54) is 4.68 Å². The van der Waals surface area contributed by atoms with E-state index in [9.17, 15) is 9.59 Å². The fraction of sp³-hybridized carbons (Fsp3) is 0.179. The van der Waals surface area contributed by atoms with E-state index in [1.807, 2.05) is 99.6 Å². The second-order valence-corrected chi connectivity index (χ2v) is 7.87. The Balaban J connectivity index is 1.99. The van der Waals surface area contributed by atoms with Gasteiger partial charge in [-0.15, -0.1) is 0 Å². The van der Waals surface area contributed by atoms with Crippen LogP contribution >= 0.6 is 0 Å². The minimum Gasteiger partial charge on any atom is -0.321 e. The van der Waals surface area contributed by atoms with Crippen LogP contribution in [0.2, 0.25) is 0 Å². The molecule has 3 aromatic carbocycles. The van der Waals surface area contributed by atoms with Crippen LogP contribution in [0.15, 0.2) is 83.7 Å². The topological polar surface area (TPSA) is 64.0 Å². The fourth-order valence-corrected chi connectivity index (χ4v) is 4.06. The Morgan fingerprint density at radius 1 is 0.879 bits per heavy atom. The molecule has 5 nitrogen and oxygen atoms in total. The number of carbonyl (C=O) groups excluding carboxylic acids is 1. The summed E-state index contributed by atoms with van der Waals surface area (Å²) in [5.41, 5.74) is 5.20. The Hall–Kier alpha value is -3.99. The summed E-state index contributed by atoms with van der Waals surface area (Å²) in [5, 5.41) is 7.71. The third kappa shape index (κ3) is 4.35. The van der Waals surface area contributed by atoms with Crippen LogP contribution in [-0.4, -0.2) is 15.7 Å². The lowest BCUT2D eigenvalue weighted by atomic mass is 9.95. The lowest BCUT2D eigenvalue weighted by Crippen LogP contribution is -2.32. The lowest BCUT2D eigenvalue weighted by molar-refractivity contribution is 0.102. The van der Waals surface area contributed by atoms with Crippen LogP contribution in [0, 0.1) is 6.92 Å². The maximum absolute atomic E-state index is 13.7. The summed E-state index contributed by atoms with van der Waals surface area (Å²) in [7, 11) is 0. The van der Waals surface area contributed by atoms with Gasteiger partial charge in [0.25, 0.3) is 11.5 Å². The first kappa shape index (κ1) is 22.2. The predicted octanol–water partition coefficient (Wildman–Crippen LogP) is 5.72. The minimum atomic E-state index is -0.426. The number of aryl methyl sites for hydroxylation is 3. The number of aromatic nitrogens is 2. The van der Waals surface area contributed by atoms with Crippen molar-refractivity contribution in [2.75, 3.05) is 5.32 Å². The molecule has 0 fully saturated rings. The Morgan fingerprint density at radius 2 is 1.52 bits per heavy atom. The molecule has 0 aliphatic rings. The fourth-order valence-electron chi connectivity index (χ4n) is 4.06. The van der Waals surface area contributed by atoms with Crippen LogP contribution < -0.4 is 10.9 Å². The number of hydrogen-bond acceptors (Lipinski definition) is 3. The largest absolute Gasteiger partial charge is 0.321 e. The third-order valence-electron chi connectivity index (χ3n) is 5.77. The van der Waals surface area contributed by atoms with Crippen molar-refractivity contribution in [3.63, 3.8) is 0 Å². The van der Waals surface area contributed by atoms with Crippen molar-refractivity contribution in [1.29, 1.82) is 0 Å². The average Bonchev–Trinajstić information content (AvgIpc) is 2.85. The SMILES string of the molecule is CCc1cccc(C)c1NC(=O)c1c(-c2ccccc2)c(-c2ccccc2)nn(CC)c1=O. The number of anilines is 1. The van der Waals surface area contributed by atoms with Gasteiger partial charge in [-0.05, 0) is 37.0 Å². The summed E-state index contributed by atoms with van der Waals surface area (Å²) >= 11 is 0. The van der Waals surface area contributed by atoms with Gasteiger partial charge in [0.15, 0.2) is 0 Å². The standard InChI is InChI=1S/C28H27N3O2/c1-4-20-18-12-13-19(3)25(20)29-27(32)24-23(21-14-8-6-9-15-21)26(22-16-10-7-11-17-22)30-31(5-2)28(24)33/h6-18H,4-5H2,1-3H3,(H,29,32). The molecule has 4 aromatic rings. The molecule has 0 unspecified atom stereocenters. The Morgan fingerprint density at radius 3 is 2.12 bits per heavy atom. The normalized spacial score (nSPS) is 10.8. The summed E-state index contributed by atoms with van der Waals surface area (Å²) in [6.07, 6.45) is 0.771. The number of nitrogens with zero attached hydrogens (tertiary/aromatic N) is 2. The Labute approximate surface area is 193 Å². The second kappa shape index (κ2) is 9.65. The molecule has 5 heteroatoms. The summed E-state index contributed by atoms with van der Waals surface area (Å²) in [6.45, 7) is 6.21. The molecule has 1 N–H and O–H groups in total. The molecule has 0 bridgehead atoms. The molecule has 0 saturated heterocycles. The van der Waals surface area contributed by atoms with Crippen molar-refractivity contribution in [2.45, 2.75) is 33.7 Å². The Bertz CT molecular complexity index is 1340. The minimum absolute atomic E-state index is 0.0993. The van der Waals surface area contributed by atoms with E-state index in [0.717, 1.165) is 34.4 Å². The van der Waals surface area contributed by atoms with E-state index in [0.29, 0.717) is 17.8 Å². The molecule has 0 spiro atoms. The van der Waals surface area contributed by atoms with E-state index in [-0.39, 0.29) is 5.56 Å². The van der Waals surface area contributed by atoms with E-state index < -0.39 is 11.5 Å². The van der Waals surface area contributed by atoms with Crippen molar-refractivity contribution in [3.05, 3.63) is 106 Å². The van der Waals surface area contributed by atoms with Gasteiger partial charge in [-0.25, -0.2) is 4.68 Å². The maximum Gasteiger partial charge on any atom is 0.280 e. The van der Waals surface area contributed by atoms with Crippen molar-refractivity contribution in [2.24, 2.45) is 0 Å². The highest BCUT2D eigenvalue weighted by molar-refractivity contribution is 6.10. The first-order chi connectivity index (χ1) is 16.0. The second-order valence-electron chi connectivity index (χ2n) is 7.87. The van der Waals surface area contributed by atoms with Crippen molar-refractivity contribution in [3.8, 4) is 22.4 Å². The van der Waals surface area contributed by atoms with Gasteiger partial charge in [-0.2, -0.15) is 5.10 Å². The van der Waals surface area contributed by atoms with Gasteiger partial charge >= 0.3 is 0 Å². The lowest BCUT2D eigenvalue weighted by Gasteiger charge is -2.18. The van der Waals surface area contributed by atoms with Crippen LogP contribution in [0.5, 0.6) is 0 Å². The molecule has 0 radical (unpaired) electrons. The molecule has 1 heterocycles. The number of rotatable bonds is 6. The molecule has 0 aliphatic carbocycles. The summed E-state index contributed by atoms with van der Waals surface area (Å²) in [6, 6.07) is 25.1. The van der Waals surface area contributed by atoms with Crippen LogP contribution in [0.25, 0.3) is 22.4 Å².